The molecule has 0 aliphatic carbocycles. The highest BCUT2D eigenvalue weighted by Crippen LogP contribution is 2.17. The number of carbonyl (C=O) groups excluding carboxylic acids is 1. The minimum absolute atomic E-state index is 0.181. The zero-order valence-electron chi connectivity index (χ0n) is 12.1. The normalized spacial score (nSPS) is 12.1. The lowest BCUT2D eigenvalue weighted by atomic mass is 9.94. The number of hydrogen-bond donors (Lipinski definition) is 2. The van der Waals surface area contributed by atoms with E-state index >= 15 is 0 Å². The number of rotatable bonds is 9. The largest absolute Gasteiger partial charge is 0.481 e. The SMILES string of the molecule is CCCC(CCNC(=O)c1ccn(C)n1)CCC(=O)O. The molecule has 0 fully saturated rings. The van der Waals surface area contributed by atoms with Crippen LogP contribution in [0.4, 0.5) is 0 Å². The van der Waals surface area contributed by atoms with Gasteiger partial charge in [0, 0.05) is 26.2 Å². The molecule has 20 heavy (non-hydrogen) atoms. The minimum atomic E-state index is -0.761. The summed E-state index contributed by atoms with van der Waals surface area (Å²) in [5, 5.41) is 15.6. The van der Waals surface area contributed by atoms with E-state index in [-0.39, 0.29) is 12.3 Å². The molecule has 1 atom stereocenters. The Morgan fingerprint density at radius 2 is 2.15 bits per heavy atom. The lowest BCUT2D eigenvalue weighted by Gasteiger charge is -2.15. The number of carboxylic acids is 1. The van der Waals surface area contributed by atoms with Crippen molar-refractivity contribution in [3.8, 4) is 0 Å². The van der Waals surface area contributed by atoms with Crippen LogP contribution in [0, 0.1) is 5.92 Å². The van der Waals surface area contributed by atoms with Crippen LogP contribution >= 0.6 is 0 Å². The van der Waals surface area contributed by atoms with E-state index < -0.39 is 5.97 Å². The van der Waals surface area contributed by atoms with Gasteiger partial charge in [-0.15, -0.1) is 0 Å². The van der Waals surface area contributed by atoms with E-state index in [2.05, 4.69) is 17.3 Å². The van der Waals surface area contributed by atoms with Crippen LogP contribution in [0.3, 0.4) is 0 Å². The zero-order chi connectivity index (χ0) is 15.0. The summed E-state index contributed by atoms with van der Waals surface area (Å²) in [6, 6.07) is 1.67. The number of carboxylic acid groups (broad SMARTS) is 1. The van der Waals surface area contributed by atoms with Crippen LogP contribution in [0.25, 0.3) is 0 Å². The molecule has 0 aliphatic rings. The van der Waals surface area contributed by atoms with Crippen molar-refractivity contribution < 1.29 is 14.7 Å². The van der Waals surface area contributed by atoms with Crippen molar-refractivity contribution >= 4 is 11.9 Å². The van der Waals surface area contributed by atoms with Crippen molar-refractivity contribution in [1.82, 2.24) is 15.1 Å². The van der Waals surface area contributed by atoms with Gasteiger partial charge in [0.15, 0.2) is 0 Å². The highest BCUT2D eigenvalue weighted by Gasteiger charge is 2.12. The van der Waals surface area contributed by atoms with E-state index in [4.69, 9.17) is 5.11 Å². The summed E-state index contributed by atoms with van der Waals surface area (Å²) in [7, 11) is 1.76. The smallest absolute Gasteiger partial charge is 0.303 e. The molecule has 0 saturated carbocycles. The lowest BCUT2D eigenvalue weighted by Crippen LogP contribution is -2.26. The zero-order valence-corrected chi connectivity index (χ0v) is 12.1. The van der Waals surface area contributed by atoms with E-state index in [1.165, 1.54) is 0 Å². The van der Waals surface area contributed by atoms with Gasteiger partial charge in [0.25, 0.3) is 5.91 Å². The number of aromatic nitrogens is 2. The molecular formula is C14H23N3O3. The number of hydrogen-bond acceptors (Lipinski definition) is 3. The first kappa shape index (κ1) is 16.2. The summed E-state index contributed by atoms with van der Waals surface area (Å²) >= 11 is 0. The van der Waals surface area contributed by atoms with Crippen molar-refractivity contribution in [3.05, 3.63) is 18.0 Å². The first-order chi connectivity index (χ1) is 9.52. The molecule has 0 saturated heterocycles. The summed E-state index contributed by atoms with van der Waals surface area (Å²) in [6.07, 6.45) is 5.41. The molecule has 0 bridgehead atoms. The Morgan fingerprint density at radius 3 is 2.70 bits per heavy atom. The predicted octanol–water partition coefficient (Wildman–Crippen LogP) is 1.82. The predicted molar refractivity (Wildman–Crippen MR) is 75.4 cm³/mol. The Labute approximate surface area is 119 Å². The summed E-state index contributed by atoms with van der Waals surface area (Å²) in [6.45, 7) is 2.64. The Kier molecular flexibility index (Phi) is 6.76. The van der Waals surface area contributed by atoms with Gasteiger partial charge in [-0.3, -0.25) is 14.3 Å². The standard InChI is InChI=1S/C14H23N3O3/c1-3-4-11(5-6-13(18)19)7-9-15-14(20)12-8-10-17(2)16-12/h8,10-11H,3-7,9H2,1-2H3,(H,15,20)(H,18,19). The Bertz CT molecular complexity index is 443. The molecule has 1 rings (SSSR count). The van der Waals surface area contributed by atoms with Crippen molar-refractivity contribution in [2.75, 3.05) is 6.54 Å². The number of nitrogens with zero attached hydrogens (tertiary/aromatic N) is 2. The van der Waals surface area contributed by atoms with Crippen molar-refractivity contribution in [3.63, 3.8) is 0 Å². The molecule has 1 aromatic rings. The van der Waals surface area contributed by atoms with Gasteiger partial charge in [-0.1, -0.05) is 19.8 Å². The van der Waals surface area contributed by atoms with Gasteiger partial charge in [0.2, 0.25) is 0 Å². The van der Waals surface area contributed by atoms with Crippen molar-refractivity contribution in [1.29, 1.82) is 0 Å². The van der Waals surface area contributed by atoms with Crippen LogP contribution in [0.5, 0.6) is 0 Å². The van der Waals surface area contributed by atoms with E-state index in [0.717, 1.165) is 19.3 Å². The summed E-state index contributed by atoms with van der Waals surface area (Å²) < 4.78 is 1.58. The fourth-order valence-corrected chi connectivity index (χ4v) is 2.19. The van der Waals surface area contributed by atoms with Gasteiger partial charge >= 0.3 is 5.97 Å². The van der Waals surface area contributed by atoms with Crippen LogP contribution in [-0.2, 0) is 11.8 Å². The van der Waals surface area contributed by atoms with E-state index in [0.29, 0.717) is 24.6 Å². The first-order valence-corrected chi connectivity index (χ1v) is 7.02. The van der Waals surface area contributed by atoms with Gasteiger partial charge < -0.3 is 10.4 Å². The topological polar surface area (TPSA) is 84.2 Å². The quantitative estimate of drug-likeness (QED) is 0.723. The molecule has 112 valence electrons. The first-order valence-electron chi connectivity index (χ1n) is 7.02. The molecule has 6 heteroatoms. The molecule has 0 radical (unpaired) electrons. The van der Waals surface area contributed by atoms with Crippen LogP contribution in [0.15, 0.2) is 12.3 Å². The monoisotopic (exact) mass is 281 g/mol. The number of amides is 1. The lowest BCUT2D eigenvalue weighted by molar-refractivity contribution is -0.137. The summed E-state index contributed by atoms with van der Waals surface area (Å²) in [4.78, 5) is 22.4. The number of nitrogens with one attached hydrogen (secondary N) is 1. The molecular weight excluding hydrogens is 258 g/mol. The maximum absolute atomic E-state index is 11.8. The molecule has 2 N–H and O–H groups in total. The van der Waals surface area contributed by atoms with Crippen molar-refractivity contribution in [2.45, 2.75) is 39.0 Å². The Balaban J connectivity index is 2.32. The van der Waals surface area contributed by atoms with Crippen LogP contribution in [0.2, 0.25) is 0 Å². The molecule has 0 spiro atoms. The number of aliphatic carboxylic acids is 1. The fraction of sp³-hybridized carbons (Fsp3) is 0.643. The Hall–Kier alpha value is -1.85. The van der Waals surface area contributed by atoms with Gasteiger partial charge in [0.1, 0.15) is 5.69 Å². The summed E-state index contributed by atoms with van der Waals surface area (Å²) in [5.74, 6) is -0.595. The maximum Gasteiger partial charge on any atom is 0.303 e. The van der Waals surface area contributed by atoms with Crippen LogP contribution in [-0.4, -0.2) is 33.3 Å². The van der Waals surface area contributed by atoms with E-state index in [1.54, 1.807) is 24.0 Å². The van der Waals surface area contributed by atoms with E-state index in [1.807, 2.05) is 0 Å². The van der Waals surface area contributed by atoms with Gasteiger partial charge in [-0.2, -0.15) is 5.10 Å². The second kappa shape index (κ2) is 8.35. The Morgan fingerprint density at radius 1 is 1.40 bits per heavy atom. The van der Waals surface area contributed by atoms with Crippen LogP contribution in [0.1, 0.15) is 49.5 Å². The third kappa shape index (κ3) is 5.86. The van der Waals surface area contributed by atoms with Gasteiger partial charge in [-0.05, 0) is 24.8 Å². The average molecular weight is 281 g/mol. The molecule has 1 aromatic heterocycles. The molecule has 0 aromatic carbocycles. The molecule has 1 amide bonds. The third-order valence-corrected chi connectivity index (χ3v) is 3.25. The van der Waals surface area contributed by atoms with Crippen molar-refractivity contribution in [2.24, 2.45) is 13.0 Å². The molecule has 6 nitrogen and oxygen atoms in total. The summed E-state index contributed by atoms with van der Waals surface area (Å²) in [5.41, 5.74) is 0.407. The molecule has 0 aliphatic heterocycles. The minimum Gasteiger partial charge on any atom is -0.481 e. The molecule has 1 heterocycles. The second-order valence-corrected chi connectivity index (χ2v) is 5.01. The third-order valence-electron chi connectivity index (χ3n) is 3.25. The van der Waals surface area contributed by atoms with Gasteiger partial charge in [-0.25, -0.2) is 0 Å². The maximum atomic E-state index is 11.8. The van der Waals surface area contributed by atoms with Crippen LogP contribution < -0.4 is 5.32 Å². The van der Waals surface area contributed by atoms with E-state index in [9.17, 15) is 9.59 Å². The second-order valence-electron chi connectivity index (χ2n) is 5.01. The highest BCUT2D eigenvalue weighted by atomic mass is 16.4. The number of carbonyl (C=O) groups is 2. The average Bonchev–Trinajstić information content (AvgIpc) is 2.82. The fourth-order valence-electron chi connectivity index (χ4n) is 2.19. The number of aryl methyl sites for hydroxylation is 1. The highest BCUT2D eigenvalue weighted by molar-refractivity contribution is 5.92. The molecule has 1 unspecified atom stereocenters. The van der Waals surface area contributed by atoms with Gasteiger partial charge in [0.05, 0.1) is 0 Å².